The normalized spacial score (nSPS) is 23.9. The van der Waals surface area contributed by atoms with Crippen molar-refractivity contribution in [1.29, 1.82) is 0 Å². The Hall–Kier alpha value is -1.13. The quantitative estimate of drug-likeness (QED) is 0.774. The molecule has 0 amide bonds. The molecule has 3 rings (SSSR count). The van der Waals surface area contributed by atoms with Gasteiger partial charge in [-0.25, -0.2) is 4.39 Å². The van der Waals surface area contributed by atoms with E-state index in [4.69, 9.17) is 4.65 Å². The fourth-order valence-electron chi connectivity index (χ4n) is 3.46. The van der Waals surface area contributed by atoms with Gasteiger partial charge in [0.1, 0.15) is 5.82 Å². The molecular formula is C19H27BFNO. The SMILES string of the molecule is CN1CC=C(c2ccc(B3CC(C)(C)C(C)(C)O3)c(F)c2)CC1. The van der Waals surface area contributed by atoms with E-state index in [0.29, 0.717) is 5.46 Å². The lowest BCUT2D eigenvalue weighted by molar-refractivity contribution is 0.0375. The molecule has 2 nitrogen and oxygen atoms in total. The summed E-state index contributed by atoms with van der Waals surface area (Å²) in [5.41, 5.74) is 2.76. The van der Waals surface area contributed by atoms with E-state index >= 15 is 0 Å². The van der Waals surface area contributed by atoms with E-state index in [9.17, 15) is 4.39 Å². The first kappa shape index (κ1) is 16.7. The summed E-state index contributed by atoms with van der Waals surface area (Å²) in [4.78, 5) is 2.27. The highest BCUT2D eigenvalue weighted by molar-refractivity contribution is 6.68. The van der Waals surface area contributed by atoms with E-state index in [1.54, 1.807) is 6.07 Å². The van der Waals surface area contributed by atoms with Crippen LogP contribution in [0.4, 0.5) is 4.39 Å². The van der Waals surface area contributed by atoms with E-state index in [1.807, 2.05) is 6.07 Å². The number of hydrogen-bond donors (Lipinski definition) is 0. The van der Waals surface area contributed by atoms with Gasteiger partial charge in [-0.1, -0.05) is 32.1 Å². The van der Waals surface area contributed by atoms with Crippen LogP contribution >= 0.6 is 0 Å². The summed E-state index contributed by atoms with van der Waals surface area (Å²) in [5.74, 6) is -0.138. The molecule has 4 heteroatoms. The second-order valence-electron chi connectivity index (χ2n) is 8.18. The van der Waals surface area contributed by atoms with Gasteiger partial charge in [0.05, 0.1) is 5.60 Å². The number of nitrogens with zero attached hydrogens (tertiary/aromatic N) is 1. The highest BCUT2D eigenvalue weighted by Crippen LogP contribution is 2.45. The van der Waals surface area contributed by atoms with Crippen molar-refractivity contribution < 1.29 is 9.04 Å². The molecule has 0 aromatic heterocycles. The molecule has 2 heterocycles. The van der Waals surface area contributed by atoms with E-state index in [0.717, 1.165) is 31.4 Å². The molecule has 2 aliphatic heterocycles. The smallest absolute Gasteiger partial charge is 0.330 e. The van der Waals surface area contributed by atoms with Crippen molar-refractivity contribution in [1.82, 2.24) is 4.90 Å². The number of hydrogen-bond acceptors (Lipinski definition) is 2. The third-order valence-electron chi connectivity index (χ3n) is 5.89. The zero-order valence-electron chi connectivity index (χ0n) is 14.9. The molecule has 1 aromatic rings. The van der Waals surface area contributed by atoms with Crippen LogP contribution in [0.3, 0.4) is 0 Å². The fraction of sp³-hybridized carbons (Fsp3) is 0.579. The lowest BCUT2D eigenvalue weighted by atomic mass is 9.54. The summed E-state index contributed by atoms with van der Waals surface area (Å²) in [5, 5.41) is 0. The molecule has 0 spiro atoms. The maximum Gasteiger partial charge on any atom is 0.330 e. The van der Waals surface area contributed by atoms with Crippen LogP contribution in [0.25, 0.3) is 5.57 Å². The summed E-state index contributed by atoms with van der Waals surface area (Å²) in [6.07, 6.45) is 4.04. The van der Waals surface area contributed by atoms with Crippen LogP contribution in [0.2, 0.25) is 6.32 Å². The third-order valence-corrected chi connectivity index (χ3v) is 5.89. The minimum Gasteiger partial charge on any atom is -0.425 e. The molecule has 1 saturated heterocycles. The standard InChI is InChI=1S/C19H27BFNO/c1-18(2)13-20(23-19(18,3)4)16-7-6-15(12-17(16)21)14-8-10-22(5)11-9-14/h6-8,12H,9-11,13H2,1-5H3. The van der Waals surface area contributed by atoms with Crippen molar-refractivity contribution >= 4 is 18.0 Å². The number of likely N-dealkylation sites (N-methyl/N-ethyl adjacent to an activating group) is 1. The minimum absolute atomic E-state index is 0.0409. The van der Waals surface area contributed by atoms with Gasteiger partial charge in [-0.15, -0.1) is 0 Å². The average Bonchev–Trinajstić information content (AvgIpc) is 2.68. The van der Waals surface area contributed by atoms with Crippen LogP contribution < -0.4 is 5.46 Å². The van der Waals surface area contributed by atoms with E-state index in [1.165, 1.54) is 5.57 Å². The highest BCUT2D eigenvalue weighted by Gasteiger charge is 2.50. The Morgan fingerprint density at radius 3 is 2.48 bits per heavy atom. The number of rotatable bonds is 2. The van der Waals surface area contributed by atoms with Gasteiger partial charge in [0.2, 0.25) is 0 Å². The highest BCUT2D eigenvalue weighted by atomic mass is 19.1. The lowest BCUT2D eigenvalue weighted by Crippen LogP contribution is -2.37. The van der Waals surface area contributed by atoms with Crippen molar-refractivity contribution in [3.8, 4) is 0 Å². The van der Waals surface area contributed by atoms with Crippen molar-refractivity contribution in [2.45, 2.75) is 46.0 Å². The Kier molecular flexibility index (Phi) is 4.18. The molecular weight excluding hydrogens is 288 g/mol. The molecule has 0 unspecified atom stereocenters. The van der Waals surface area contributed by atoms with Gasteiger partial charge in [-0.2, -0.15) is 0 Å². The Balaban J connectivity index is 1.84. The van der Waals surface area contributed by atoms with Crippen LogP contribution in [0, 0.1) is 11.2 Å². The van der Waals surface area contributed by atoms with Crippen LogP contribution in [-0.2, 0) is 4.65 Å². The van der Waals surface area contributed by atoms with E-state index < -0.39 is 0 Å². The Morgan fingerprint density at radius 1 is 1.22 bits per heavy atom. The predicted molar refractivity (Wildman–Crippen MR) is 95.6 cm³/mol. The summed E-state index contributed by atoms with van der Waals surface area (Å²) < 4.78 is 20.9. The predicted octanol–water partition coefficient (Wildman–Crippen LogP) is 3.58. The first-order chi connectivity index (χ1) is 10.7. The molecule has 0 radical (unpaired) electrons. The summed E-state index contributed by atoms with van der Waals surface area (Å²) in [6, 6.07) is 5.66. The van der Waals surface area contributed by atoms with Crippen LogP contribution in [0.5, 0.6) is 0 Å². The van der Waals surface area contributed by atoms with Crippen molar-refractivity contribution in [3.63, 3.8) is 0 Å². The second kappa shape index (κ2) is 5.75. The minimum atomic E-state index is -0.237. The first-order valence-electron chi connectivity index (χ1n) is 8.55. The number of benzene rings is 1. The number of halogens is 1. The molecule has 0 bridgehead atoms. The average molecular weight is 315 g/mol. The van der Waals surface area contributed by atoms with Crippen LogP contribution in [-0.4, -0.2) is 37.6 Å². The monoisotopic (exact) mass is 315 g/mol. The topological polar surface area (TPSA) is 12.5 Å². The van der Waals surface area contributed by atoms with E-state index in [2.05, 4.69) is 51.8 Å². The van der Waals surface area contributed by atoms with Gasteiger partial charge in [-0.3, -0.25) is 0 Å². The zero-order chi connectivity index (χ0) is 16.8. The Morgan fingerprint density at radius 2 is 1.96 bits per heavy atom. The third kappa shape index (κ3) is 3.11. The van der Waals surface area contributed by atoms with Gasteiger partial charge < -0.3 is 9.55 Å². The summed E-state index contributed by atoms with van der Waals surface area (Å²) in [7, 11) is 2.11. The van der Waals surface area contributed by atoms with Gasteiger partial charge in [0, 0.05) is 13.1 Å². The van der Waals surface area contributed by atoms with Crippen LogP contribution in [0.15, 0.2) is 24.3 Å². The van der Waals surface area contributed by atoms with Crippen LogP contribution in [0.1, 0.15) is 39.7 Å². The molecule has 124 valence electrons. The van der Waals surface area contributed by atoms with Gasteiger partial charge in [-0.05, 0) is 61.7 Å². The molecule has 1 fully saturated rings. The molecule has 23 heavy (non-hydrogen) atoms. The van der Waals surface area contributed by atoms with Gasteiger partial charge in [0.15, 0.2) is 0 Å². The first-order valence-corrected chi connectivity index (χ1v) is 8.55. The van der Waals surface area contributed by atoms with Gasteiger partial charge >= 0.3 is 6.92 Å². The molecule has 0 N–H and O–H groups in total. The summed E-state index contributed by atoms with van der Waals surface area (Å²) >= 11 is 0. The molecule has 0 aliphatic carbocycles. The maximum atomic E-state index is 14.7. The lowest BCUT2D eigenvalue weighted by Gasteiger charge is -2.34. The maximum absolute atomic E-state index is 14.7. The van der Waals surface area contributed by atoms with Crippen molar-refractivity contribution in [2.75, 3.05) is 20.1 Å². The fourth-order valence-corrected chi connectivity index (χ4v) is 3.46. The molecule has 0 saturated carbocycles. The molecule has 1 aromatic carbocycles. The van der Waals surface area contributed by atoms with Crippen molar-refractivity contribution in [3.05, 3.63) is 35.7 Å². The van der Waals surface area contributed by atoms with Crippen molar-refractivity contribution in [2.24, 2.45) is 5.41 Å². The largest absolute Gasteiger partial charge is 0.425 e. The second-order valence-corrected chi connectivity index (χ2v) is 8.18. The Labute approximate surface area is 139 Å². The van der Waals surface area contributed by atoms with E-state index in [-0.39, 0.29) is 23.7 Å². The molecule has 2 aliphatic rings. The molecule has 0 atom stereocenters. The Bertz CT molecular complexity index is 622. The zero-order valence-corrected chi connectivity index (χ0v) is 14.9. The summed E-state index contributed by atoms with van der Waals surface area (Å²) in [6.45, 7) is 10.4. The van der Waals surface area contributed by atoms with Gasteiger partial charge in [0.25, 0.3) is 0 Å².